The van der Waals surface area contributed by atoms with Gasteiger partial charge < -0.3 is 18.8 Å². The molecule has 0 spiro atoms. The highest BCUT2D eigenvalue weighted by atomic mass is 16.5. The summed E-state index contributed by atoms with van der Waals surface area (Å²) in [6, 6.07) is 20.6. The minimum atomic E-state index is -0.0139. The van der Waals surface area contributed by atoms with Crippen molar-refractivity contribution in [3.8, 4) is 11.1 Å². The van der Waals surface area contributed by atoms with Crippen LogP contribution in [0.3, 0.4) is 0 Å². The average molecular weight is 451 g/mol. The van der Waals surface area contributed by atoms with Gasteiger partial charge in [-0.25, -0.2) is 4.98 Å². The summed E-state index contributed by atoms with van der Waals surface area (Å²) in [6.07, 6.45) is 5.88. The Labute approximate surface area is 197 Å². The second kappa shape index (κ2) is 8.47. The number of hydrogen-bond donors (Lipinski definition) is 0. The Morgan fingerprint density at radius 2 is 1.79 bits per heavy atom. The van der Waals surface area contributed by atoms with Gasteiger partial charge in [0.2, 0.25) is 0 Å². The van der Waals surface area contributed by atoms with Crippen LogP contribution in [0.25, 0.3) is 32.9 Å². The summed E-state index contributed by atoms with van der Waals surface area (Å²) in [5.74, 6) is 0. The minimum absolute atomic E-state index is 0.0139. The Balaban J connectivity index is 1.34. The SMILES string of the molecule is Cn1cc(-c2ccn(Cc3ccc4ccccc4c3)c(=O)c2)c2cc(N3CCOCC3)cnc21. The molecular formula is C28H26N4O2. The van der Waals surface area contributed by atoms with Gasteiger partial charge in [0.15, 0.2) is 0 Å². The molecule has 0 aliphatic carbocycles. The molecule has 6 nitrogen and oxygen atoms in total. The Morgan fingerprint density at radius 3 is 2.62 bits per heavy atom. The molecule has 5 aromatic rings. The van der Waals surface area contributed by atoms with Crippen molar-refractivity contribution < 1.29 is 4.74 Å². The third-order valence-electron chi connectivity index (χ3n) is 6.65. The van der Waals surface area contributed by atoms with E-state index < -0.39 is 0 Å². The molecule has 1 aliphatic rings. The number of fused-ring (bicyclic) bond motifs is 2. The first kappa shape index (κ1) is 20.7. The summed E-state index contributed by atoms with van der Waals surface area (Å²) >= 11 is 0. The molecule has 6 rings (SSSR count). The van der Waals surface area contributed by atoms with Crippen molar-refractivity contribution in [2.24, 2.45) is 7.05 Å². The molecule has 1 fully saturated rings. The molecule has 0 N–H and O–H groups in total. The summed E-state index contributed by atoms with van der Waals surface area (Å²) < 4.78 is 9.27. The van der Waals surface area contributed by atoms with Crippen LogP contribution in [-0.4, -0.2) is 40.4 Å². The lowest BCUT2D eigenvalue weighted by molar-refractivity contribution is 0.122. The Morgan fingerprint density at radius 1 is 0.971 bits per heavy atom. The number of benzene rings is 2. The number of anilines is 1. The van der Waals surface area contributed by atoms with E-state index in [2.05, 4.69) is 47.5 Å². The van der Waals surface area contributed by atoms with E-state index in [0.29, 0.717) is 6.54 Å². The highest BCUT2D eigenvalue weighted by molar-refractivity contribution is 5.95. The van der Waals surface area contributed by atoms with Crippen LogP contribution in [0.2, 0.25) is 0 Å². The van der Waals surface area contributed by atoms with Gasteiger partial charge in [-0.05, 0) is 40.1 Å². The van der Waals surface area contributed by atoms with E-state index in [9.17, 15) is 4.79 Å². The standard InChI is InChI=1S/C28H26N4O2/c1-30-19-26(25-16-24(17-29-28(25)30)31-10-12-34-13-11-31)23-8-9-32(27(33)15-23)18-20-6-7-21-4-2-3-5-22(21)14-20/h2-9,14-17,19H,10-13,18H2,1H3. The van der Waals surface area contributed by atoms with E-state index in [0.717, 1.165) is 59.7 Å². The van der Waals surface area contributed by atoms with Gasteiger partial charge in [0, 0.05) is 49.5 Å². The Bertz CT molecular complexity index is 1560. The van der Waals surface area contributed by atoms with Crippen molar-refractivity contribution >= 4 is 27.5 Å². The summed E-state index contributed by atoms with van der Waals surface area (Å²) in [6.45, 7) is 3.73. The number of aromatic nitrogens is 3. The van der Waals surface area contributed by atoms with Crippen molar-refractivity contribution in [3.63, 3.8) is 0 Å². The van der Waals surface area contributed by atoms with E-state index in [1.54, 1.807) is 10.6 Å². The molecule has 1 aliphatic heterocycles. The minimum Gasteiger partial charge on any atom is -0.378 e. The van der Waals surface area contributed by atoms with Crippen molar-refractivity contribution in [1.82, 2.24) is 14.1 Å². The van der Waals surface area contributed by atoms with Crippen molar-refractivity contribution in [1.29, 1.82) is 0 Å². The molecule has 170 valence electrons. The molecule has 0 atom stereocenters. The molecular weight excluding hydrogens is 424 g/mol. The van der Waals surface area contributed by atoms with Crippen LogP contribution >= 0.6 is 0 Å². The smallest absolute Gasteiger partial charge is 0.251 e. The summed E-state index contributed by atoms with van der Waals surface area (Å²) in [7, 11) is 1.99. The number of rotatable bonds is 4. The van der Waals surface area contributed by atoms with E-state index in [4.69, 9.17) is 9.72 Å². The van der Waals surface area contributed by atoms with Gasteiger partial charge in [0.25, 0.3) is 5.56 Å². The van der Waals surface area contributed by atoms with Gasteiger partial charge >= 0.3 is 0 Å². The van der Waals surface area contributed by atoms with E-state index in [1.165, 1.54) is 10.8 Å². The fraction of sp³-hybridized carbons (Fsp3) is 0.214. The molecule has 1 saturated heterocycles. The molecule has 4 heterocycles. The van der Waals surface area contributed by atoms with E-state index >= 15 is 0 Å². The molecule has 0 saturated carbocycles. The van der Waals surface area contributed by atoms with Crippen molar-refractivity contribution in [3.05, 3.63) is 95.2 Å². The number of morpholine rings is 1. The van der Waals surface area contributed by atoms with Crippen molar-refractivity contribution in [2.45, 2.75) is 6.54 Å². The third-order valence-corrected chi connectivity index (χ3v) is 6.65. The Hall–Kier alpha value is -3.90. The first-order chi connectivity index (χ1) is 16.7. The highest BCUT2D eigenvalue weighted by Crippen LogP contribution is 2.31. The highest BCUT2D eigenvalue weighted by Gasteiger charge is 2.16. The number of hydrogen-bond acceptors (Lipinski definition) is 4. The van der Waals surface area contributed by atoms with Gasteiger partial charge in [-0.1, -0.05) is 36.4 Å². The first-order valence-electron chi connectivity index (χ1n) is 11.6. The zero-order chi connectivity index (χ0) is 23.1. The maximum Gasteiger partial charge on any atom is 0.251 e. The molecule has 0 unspecified atom stereocenters. The van der Waals surface area contributed by atoms with Crippen molar-refractivity contribution in [2.75, 3.05) is 31.2 Å². The van der Waals surface area contributed by atoms with Gasteiger partial charge in [-0.3, -0.25) is 4.79 Å². The molecule has 3 aromatic heterocycles. The summed E-state index contributed by atoms with van der Waals surface area (Å²) in [5, 5.41) is 3.44. The monoisotopic (exact) mass is 450 g/mol. The van der Waals surface area contributed by atoms with Gasteiger partial charge in [0.05, 0.1) is 31.6 Å². The van der Waals surface area contributed by atoms with Crippen LogP contribution in [0.1, 0.15) is 5.56 Å². The molecule has 0 radical (unpaired) electrons. The predicted octanol–water partition coefficient (Wildman–Crippen LogP) is 4.44. The number of pyridine rings is 2. The summed E-state index contributed by atoms with van der Waals surface area (Å²) in [4.78, 5) is 20.1. The first-order valence-corrected chi connectivity index (χ1v) is 11.6. The summed E-state index contributed by atoms with van der Waals surface area (Å²) in [5.41, 5.74) is 5.03. The topological polar surface area (TPSA) is 52.3 Å². The van der Waals surface area contributed by atoms with Crippen LogP contribution in [-0.2, 0) is 18.3 Å². The lowest BCUT2D eigenvalue weighted by Gasteiger charge is -2.28. The molecule has 0 bridgehead atoms. The average Bonchev–Trinajstić information content (AvgIpc) is 3.21. The lowest BCUT2D eigenvalue weighted by atomic mass is 10.1. The number of aryl methyl sites for hydroxylation is 1. The van der Waals surface area contributed by atoms with Crippen LogP contribution in [0.5, 0.6) is 0 Å². The number of nitrogens with zero attached hydrogens (tertiary/aromatic N) is 4. The normalized spacial score (nSPS) is 14.2. The molecule has 2 aromatic carbocycles. The maximum absolute atomic E-state index is 13.1. The van der Waals surface area contributed by atoms with Crippen LogP contribution in [0.4, 0.5) is 5.69 Å². The largest absolute Gasteiger partial charge is 0.378 e. The second-order valence-electron chi connectivity index (χ2n) is 8.88. The lowest BCUT2D eigenvalue weighted by Crippen LogP contribution is -2.36. The quantitative estimate of drug-likeness (QED) is 0.406. The van der Waals surface area contributed by atoms with Gasteiger partial charge in [0.1, 0.15) is 5.65 Å². The molecule has 0 amide bonds. The number of ether oxygens (including phenoxy) is 1. The van der Waals surface area contributed by atoms with Crippen LogP contribution in [0.15, 0.2) is 84.0 Å². The van der Waals surface area contributed by atoms with Crippen LogP contribution in [0, 0.1) is 0 Å². The zero-order valence-corrected chi connectivity index (χ0v) is 19.1. The fourth-order valence-corrected chi connectivity index (χ4v) is 4.81. The van der Waals surface area contributed by atoms with E-state index in [1.807, 2.05) is 42.2 Å². The molecule has 6 heteroatoms. The maximum atomic E-state index is 13.1. The second-order valence-corrected chi connectivity index (χ2v) is 8.88. The van der Waals surface area contributed by atoms with Gasteiger partial charge in [-0.2, -0.15) is 0 Å². The van der Waals surface area contributed by atoms with Crippen LogP contribution < -0.4 is 10.5 Å². The predicted molar refractivity (Wildman–Crippen MR) is 136 cm³/mol. The fourth-order valence-electron chi connectivity index (χ4n) is 4.81. The van der Waals surface area contributed by atoms with E-state index in [-0.39, 0.29) is 5.56 Å². The Kier molecular flexibility index (Phi) is 5.15. The zero-order valence-electron chi connectivity index (χ0n) is 19.1. The third kappa shape index (κ3) is 3.76. The van der Waals surface area contributed by atoms with Gasteiger partial charge in [-0.15, -0.1) is 0 Å². The molecule has 34 heavy (non-hydrogen) atoms.